The number of carbonyl (C=O) groups is 1. The van der Waals surface area contributed by atoms with Crippen molar-refractivity contribution in [3.63, 3.8) is 0 Å². The summed E-state index contributed by atoms with van der Waals surface area (Å²) in [6.45, 7) is 0. The van der Waals surface area contributed by atoms with Crippen LogP contribution in [-0.4, -0.2) is 21.8 Å². The number of carbonyl (C=O) groups excluding carboxylic acids is 1. The Balaban J connectivity index is 2.11. The van der Waals surface area contributed by atoms with Gasteiger partial charge in [0.15, 0.2) is 0 Å². The maximum atomic E-state index is 14.3. The lowest BCUT2D eigenvalue weighted by atomic mass is 9.90. The number of amides is 1. The van der Waals surface area contributed by atoms with Crippen LogP contribution in [0.25, 0.3) is 22.0 Å². The van der Waals surface area contributed by atoms with Gasteiger partial charge in [-0.25, -0.2) is 9.18 Å². The summed E-state index contributed by atoms with van der Waals surface area (Å²) in [5.41, 5.74) is 9.17. The van der Waals surface area contributed by atoms with Crippen molar-refractivity contribution in [3.8, 4) is 11.1 Å². The highest BCUT2D eigenvalue weighted by Crippen LogP contribution is 2.38. The van der Waals surface area contributed by atoms with Gasteiger partial charge in [0.05, 0.1) is 11.6 Å². The van der Waals surface area contributed by atoms with Crippen LogP contribution in [-0.2, 0) is 12.8 Å². The van der Waals surface area contributed by atoms with E-state index in [1.165, 1.54) is 10.6 Å². The summed E-state index contributed by atoms with van der Waals surface area (Å²) in [6, 6.07) is 11.5. The normalized spacial score (nSPS) is 17.0. The molecule has 0 radical (unpaired) electrons. The van der Waals surface area contributed by atoms with Crippen molar-refractivity contribution < 1.29 is 14.3 Å². The highest BCUT2D eigenvalue weighted by molar-refractivity contribution is 6.03. The largest absolute Gasteiger partial charge is 0.393 e. The first-order chi connectivity index (χ1) is 11.6. The molecule has 1 aliphatic rings. The Morgan fingerprint density at radius 2 is 1.92 bits per heavy atom. The molecular weight excluding hydrogens is 307 g/mol. The lowest BCUT2D eigenvalue weighted by Crippen LogP contribution is -2.25. The van der Waals surface area contributed by atoms with Gasteiger partial charge < -0.3 is 10.8 Å². The number of benzene rings is 2. The van der Waals surface area contributed by atoms with Gasteiger partial charge >= 0.3 is 6.03 Å². The number of aromatic nitrogens is 1. The molecule has 24 heavy (non-hydrogen) atoms. The third kappa shape index (κ3) is 2.12. The van der Waals surface area contributed by atoms with Gasteiger partial charge in [0, 0.05) is 23.1 Å². The van der Waals surface area contributed by atoms with Gasteiger partial charge in [-0.15, -0.1) is 0 Å². The molecule has 1 heterocycles. The molecule has 1 atom stereocenters. The van der Waals surface area contributed by atoms with E-state index in [0.717, 1.165) is 22.2 Å². The third-order valence-corrected chi connectivity index (χ3v) is 4.74. The molecule has 1 unspecified atom stereocenters. The van der Waals surface area contributed by atoms with E-state index in [2.05, 4.69) is 0 Å². The average Bonchev–Trinajstić information content (AvgIpc) is 2.89. The van der Waals surface area contributed by atoms with Crippen LogP contribution in [0.15, 0.2) is 42.5 Å². The van der Waals surface area contributed by atoms with Gasteiger partial charge in [-0.2, -0.15) is 0 Å². The molecule has 0 saturated carbocycles. The number of aliphatic hydroxyl groups is 1. The number of hydrogen-bond acceptors (Lipinski definition) is 2. The van der Waals surface area contributed by atoms with Crippen molar-refractivity contribution in [1.29, 1.82) is 0 Å². The minimum absolute atomic E-state index is 0.318. The molecule has 2 aromatic carbocycles. The summed E-state index contributed by atoms with van der Waals surface area (Å²) in [6.07, 6.45) is 1.15. The van der Waals surface area contributed by atoms with E-state index in [1.807, 2.05) is 12.1 Å². The van der Waals surface area contributed by atoms with Crippen molar-refractivity contribution in [2.75, 3.05) is 0 Å². The zero-order chi connectivity index (χ0) is 16.8. The summed E-state index contributed by atoms with van der Waals surface area (Å²) in [4.78, 5) is 12.0. The van der Waals surface area contributed by atoms with Crippen molar-refractivity contribution in [2.45, 2.75) is 25.4 Å². The Morgan fingerprint density at radius 3 is 2.67 bits per heavy atom. The second-order valence-corrected chi connectivity index (χ2v) is 6.18. The fraction of sp³-hybridized carbons (Fsp3) is 0.211. The monoisotopic (exact) mass is 324 g/mol. The standard InChI is InChI=1S/C19H17FN2O2/c20-15-6-2-1-4-12(15)13-5-3-7-17-18(13)14-10-11(23)8-9-16(14)22(17)19(21)24/h1-7,11,23H,8-10H2,(H2,21,24). The number of fused-ring (bicyclic) bond motifs is 3. The summed E-state index contributed by atoms with van der Waals surface area (Å²) in [5.74, 6) is -0.318. The van der Waals surface area contributed by atoms with E-state index in [-0.39, 0.29) is 5.82 Å². The molecule has 122 valence electrons. The highest BCUT2D eigenvalue weighted by Gasteiger charge is 2.28. The second kappa shape index (κ2) is 5.46. The maximum absolute atomic E-state index is 14.3. The molecule has 1 aromatic heterocycles. The number of rotatable bonds is 1. The number of nitrogens with two attached hydrogens (primary N) is 1. The van der Waals surface area contributed by atoms with E-state index in [4.69, 9.17) is 5.73 Å². The van der Waals surface area contributed by atoms with Crippen molar-refractivity contribution >= 4 is 16.9 Å². The van der Waals surface area contributed by atoms with Crippen LogP contribution >= 0.6 is 0 Å². The molecule has 1 aliphatic carbocycles. The minimum Gasteiger partial charge on any atom is -0.393 e. The number of halogens is 1. The van der Waals surface area contributed by atoms with E-state index in [1.54, 1.807) is 24.3 Å². The first-order valence-electron chi connectivity index (χ1n) is 7.96. The van der Waals surface area contributed by atoms with Crippen LogP contribution in [0.5, 0.6) is 0 Å². The summed E-state index contributed by atoms with van der Waals surface area (Å²) < 4.78 is 15.8. The average molecular weight is 324 g/mol. The van der Waals surface area contributed by atoms with Crippen molar-refractivity contribution in [2.24, 2.45) is 5.73 Å². The van der Waals surface area contributed by atoms with Crippen LogP contribution in [0.1, 0.15) is 17.7 Å². The van der Waals surface area contributed by atoms with E-state index in [9.17, 15) is 14.3 Å². The Hall–Kier alpha value is -2.66. The SMILES string of the molecule is NC(=O)n1c2c(c3c(-c4ccccc4F)cccc31)CC(O)CC2. The maximum Gasteiger partial charge on any atom is 0.323 e. The Bertz CT molecular complexity index is 961. The van der Waals surface area contributed by atoms with Gasteiger partial charge in [0.1, 0.15) is 5.82 Å². The Labute approximate surface area is 138 Å². The smallest absolute Gasteiger partial charge is 0.323 e. The summed E-state index contributed by atoms with van der Waals surface area (Å²) in [7, 11) is 0. The van der Waals surface area contributed by atoms with Crippen molar-refractivity contribution in [3.05, 3.63) is 59.5 Å². The molecule has 4 nitrogen and oxygen atoms in total. The zero-order valence-corrected chi connectivity index (χ0v) is 13.0. The van der Waals surface area contributed by atoms with Crippen LogP contribution < -0.4 is 5.73 Å². The fourth-order valence-corrected chi connectivity index (χ4v) is 3.75. The molecule has 0 aliphatic heterocycles. The van der Waals surface area contributed by atoms with Crippen molar-refractivity contribution in [1.82, 2.24) is 4.57 Å². The topological polar surface area (TPSA) is 68.2 Å². The van der Waals surface area contributed by atoms with Crippen LogP contribution in [0, 0.1) is 5.82 Å². The molecular formula is C19H17FN2O2. The lowest BCUT2D eigenvalue weighted by Gasteiger charge is -2.19. The van der Waals surface area contributed by atoms with Gasteiger partial charge in [0.2, 0.25) is 0 Å². The highest BCUT2D eigenvalue weighted by atomic mass is 19.1. The summed E-state index contributed by atoms with van der Waals surface area (Å²) in [5, 5.41) is 10.9. The molecule has 3 aromatic rings. The molecule has 3 N–H and O–H groups in total. The molecule has 0 saturated heterocycles. The molecule has 0 spiro atoms. The number of primary amides is 1. The van der Waals surface area contributed by atoms with Gasteiger partial charge in [-0.3, -0.25) is 4.57 Å². The van der Waals surface area contributed by atoms with E-state index < -0.39 is 12.1 Å². The van der Waals surface area contributed by atoms with E-state index >= 15 is 0 Å². The molecule has 1 amide bonds. The molecule has 4 rings (SSSR count). The van der Waals surface area contributed by atoms with Gasteiger partial charge in [0.25, 0.3) is 0 Å². The predicted molar refractivity (Wildman–Crippen MR) is 90.3 cm³/mol. The quantitative estimate of drug-likeness (QED) is 0.721. The first kappa shape index (κ1) is 14.9. The molecule has 0 bridgehead atoms. The minimum atomic E-state index is -0.552. The third-order valence-electron chi connectivity index (χ3n) is 4.74. The number of nitrogens with zero attached hydrogens (tertiary/aromatic N) is 1. The number of aliphatic hydroxyl groups excluding tert-OH is 1. The summed E-state index contributed by atoms with van der Waals surface area (Å²) >= 11 is 0. The van der Waals surface area contributed by atoms with E-state index in [0.29, 0.717) is 30.3 Å². The Morgan fingerprint density at radius 1 is 1.17 bits per heavy atom. The van der Waals surface area contributed by atoms with Crippen LogP contribution in [0.3, 0.4) is 0 Å². The van der Waals surface area contributed by atoms with Gasteiger partial charge in [-0.1, -0.05) is 30.3 Å². The van der Waals surface area contributed by atoms with Gasteiger partial charge in [-0.05, 0) is 36.1 Å². The second-order valence-electron chi connectivity index (χ2n) is 6.18. The molecule has 5 heteroatoms. The molecule has 0 fully saturated rings. The van der Waals surface area contributed by atoms with Crippen LogP contribution in [0.4, 0.5) is 9.18 Å². The fourth-order valence-electron chi connectivity index (χ4n) is 3.75. The lowest BCUT2D eigenvalue weighted by molar-refractivity contribution is 0.158. The van der Waals surface area contributed by atoms with Crippen LogP contribution in [0.2, 0.25) is 0 Å². The Kier molecular flexibility index (Phi) is 3.39. The number of hydrogen-bond donors (Lipinski definition) is 2. The first-order valence-corrected chi connectivity index (χ1v) is 7.96. The predicted octanol–water partition coefficient (Wildman–Crippen LogP) is 3.22. The zero-order valence-electron chi connectivity index (χ0n) is 13.0.